The highest BCUT2D eigenvalue weighted by Gasteiger charge is 2.27. The van der Waals surface area contributed by atoms with Crippen molar-refractivity contribution in [3.05, 3.63) is 69.7 Å². The van der Waals surface area contributed by atoms with E-state index in [-0.39, 0.29) is 11.7 Å². The van der Waals surface area contributed by atoms with E-state index >= 15 is 0 Å². The van der Waals surface area contributed by atoms with Gasteiger partial charge >= 0.3 is 0 Å². The molecule has 0 aliphatic heterocycles. The molecule has 0 saturated heterocycles. The molecule has 0 amide bonds. The maximum atomic E-state index is 12.5. The van der Waals surface area contributed by atoms with Gasteiger partial charge in [-0.25, -0.2) is 0 Å². The molecule has 0 N–H and O–H groups in total. The standard InChI is InChI=1S/C17H15ClO/c1-11-8-14(6-7-16(11)18)17(19)15-9-12-4-2-3-5-13(12)10-15/h2-8,15H,9-10H2,1H3. The number of carbonyl (C=O) groups excluding carboxylic acids is 1. The first-order valence-corrected chi connectivity index (χ1v) is 6.90. The van der Waals surface area contributed by atoms with Crippen molar-refractivity contribution in [2.45, 2.75) is 19.8 Å². The highest BCUT2D eigenvalue weighted by Crippen LogP contribution is 2.29. The Balaban J connectivity index is 1.85. The van der Waals surface area contributed by atoms with Gasteiger partial charge in [-0.05, 0) is 54.7 Å². The van der Waals surface area contributed by atoms with Crippen LogP contribution >= 0.6 is 11.6 Å². The number of hydrogen-bond acceptors (Lipinski definition) is 1. The molecule has 2 heteroatoms. The lowest BCUT2D eigenvalue weighted by Crippen LogP contribution is -2.15. The van der Waals surface area contributed by atoms with Crippen LogP contribution in [0.1, 0.15) is 27.0 Å². The van der Waals surface area contributed by atoms with Crippen molar-refractivity contribution in [1.82, 2.24) is 0 Å². The van der Waals surface area contributed by atoms with Crippen LogP contribution in [-0.2, 0) is 12.8 Å². The predicted molar refractivity (Wildman–Crippen MR) is 77.9 cm³/mol. The Morgan fingerprint density at radius 2 is 1.74 bits per heavy atom. The summed E-state index contributed by atoms with van der Waals surface area (Å²) in [4.78, 5) is 12.5. The number of fused-ring (bicyclic) bond motifs is 1. The summed E-state index contributed by atoms with van der Waals surface area (Å²) in [7, 11) is 0. The van der Waals surface area contributed by atoms with Crippen LogP contribution in [-0.4, -0.2) is 5.78 Å². The molecule has 19 heavy (non-hydrogen) atoms. The second-order valence-electron chi connectivity index (χ2n) is 5.20. The average molecular weight is 271 g/mol. The lowest BCUT2D eigenvalue weighted by atomic mass is 9.94. The number of Topliss-reactive ketones (excluding diaryl/α,β-unsaturated/α-hetero) is 1. The van der Waals surface area contributed by atoms with Crippen molar-refractivity contribution >= 4 is 17.4 Å². The minimum Gasteiger partial charge on any atom is -0.294 e. The van der Waals surface area contributed by atoms with Gasteiger partial charge in [-0.2, -0.15) is 0 Å². The lowest BCUT2D eigenvalue weighted by Gasteiger charge is -2.09. The van der Waals surface area contributed by atoms with Crippen LogP contribution in [0.3, 0.4) is 0 Å². The first kappa shape index (κ1) is 12.4. The molecule has 0 spiro atoms. The van der Waals surface area contributed by atoms with Gasteiger partial charge in [-0.3, -0.25) is 4.79 Å². The molecule has 0 unspecified atom stereocenters. The molecular formula is C17H15ClO. The van der Waals surface area contributed by atoms with E-state index in [1.807, 2.05) is 37.3 Å². The third-order valence-corrected chi connectivity index (χ3v) is 4.29. The number of rotatable bonds is 2. The van der Waals surface area contributed by atoms with Gasteiger partial charge < -0.3 is 0 Å². The summed E-state index contributed by atoms with van der Waals surface area (Å²) < 4.78 is 0. The van der Waals surface area contributed by atoms with Crippen LogP contribution in [0.15, 0.2) is 42.5 Å². The van der Waals surface area contributed by atoms with E-state index in [9.17, 15) is 4.79 Å². The van der Waals surface area contributed by atoms with Gasteiger partial charge in [0, 0.05) is 16.5 Å². The zero-order valence-electron chi connectivity index (χ0n) is 10.8. The molecule has 0 fully saturated rings. The Bertz CT molecular complexity index is 620. The summed E-state index contributed by atoms with van der Waals surface area (Å²) in [6.07, 6.45) is 1.72. The molecule has 3 rings (SSSR count). The molecule has 0 radical (unpaired) electrons. The maximum Gasteiger partial charge on any atom is 0.166 e. The highest BCUT2D eigenvalue weighted by atomic mass is 35.5. The molecule has 2 aromatic rings. The number of halogens is 1. The van der Waals surface area contributed by atoms with Gasteiger partial charge in [0.25, 0.3) is 0 Å². The summed E-state index contributed by atoms with van der Waals surface area (Å²) in [5, 5.41) is 0.714. The van der Waals surface area contributed by atoms with E-state index in [0.717, 1.165) is 24.0 Å². The van der Waals surface area contributed by atoms with Crippen molar-refractivity contribution in [2.24, 2.45) is 5.92 Å². The van der Waals surface area contributed by atoms with E-state index in [1.54, 1.807) is 0 Å². The third kappa shape index (κ3) is 2.31. The smallest absolute Gasteiger partial charge is 0.166 e. The molecule has 2 aromatic carbocycles. The van der Waals surface area contributed by atoms with E-state index in [1.165, 1.54) is 11.1 Å². The summed E-state index contributed by atoms with van der Waals surface area (Å²) in [6.45, 7) is 1.93. The molecule has 0 bridgehead atoms. The van der Waals surface area contributed by atoms with Crippen molar-refractivity contribution in [3.63, 3.8) is 0 Å². The molecule has 0 atom stereocenters. The fourth-order valence-electron chi connectivity index (χ4n) is 2.78. The molecule has 0 saturated carbocycles. The molecule has 0 heterocycles. The topological polar surface area (TPSA) is 17.1 Å². The molecule has 96 valence electrons. The molecule has 1 nitrogen and oxygen atoms in total. The fraction of sp³-hybridized carbons (Fsp3) is 0.235. The van der Waals surface area contributed by atoms with E-state index in [0.29, 0.717) is 5.02 Å². The number of benzene rings is 2. The Morgan fingerprint density at radius 3 is 2.32 bits per heavy atom. The number of hydrogen-bond donors (Lipinski definition) is 0. The Kier molecular flexibility index (Phi) is 3.16. The zero-order valence-corrected chi connectivity index (χ0v) is 11.6. The van der Waals surface area contributed by atoms with E-state index in [2.05, 4.69) is 12.1 Å². The summed E-state index contributed by atoms with van der Waals surface area (Å²) in [6, 6.07) is 13.9. The fourth-order valence-corrected chi connectivity index (χ4v) is 2.90. The van der Waals surface area contributed by atoms with Crippen LogP contribution in [0.2, 0.25) is 5.02 Å². The average Bonchev–Trinajstić information content (AvgIpc) is 2.85. The SMILES string of the molecule is Cc1cc(C(=O)C2Cc3ccccc3C2)ccc1Cl. The van der Waals surface area contributed by atoms with Crippen LogP contribution in [0.4, 0.5) is 0 Å². The number of carbonyl (C=O) groups is 1. The summed E-state index contributed by atoms with van der Waals surface area (Å²) >= 11 is 6.01. The predicted octanol–water partition coefficient (Wildman–Crippen LogP) is 4.25. The number of ketones is 1. The minimum atomic E-state index is 0.0815. The molecule has 0 aromatic heterocycles. The highest BCUT2D eigenvalue weighted by molar-refractivity contribution is 6.31. The monoisotopic (exact) mass is 270 g/mol. The molecule has 1 aliphatic carbocycles. The van der Waals surface area contributed by atoms with Crippen LogP contribution in [0, 0.1) is 12.8 Å². The van der Waals surface area contributed by atoms with Gasteiger partial charge in [0.2, 0.25) is 0 Å². The number of aryl methyl sites for hydroxylation is 1. The lowest BCUT2D eigenvalue weighted by molar-refractivity contribution is 0.0924. The van der Waals surface area contributed by atoms with Crippen LogP contribution in [0.5, 0.6) is 0 Å². The van der Waals surface area contributed by atoms with Gasteiger partial charge in [0.05, 0.1) is 0 Å². The second kappa shape index (κ2) is 4.82. The Labute approximate surface area is 118 Å². The molecule has 1 aliphatic rings. The second-order valence-corrected chi connectivity index (χ2v) is 5.61. The maximum absolute atomic E-state index is 12.5. The largest absolute Gasteiger partial charge is 0.294 e. The van der Waals surface area contributed by atoms with Crippen LogP contribution < -0.4 is 0 Å². The van der Waals surface area contributed by atoms with E-state index in [4.69, 9.17) is 11.6 Å². The Morgan fingerprint density at radius 1 is 1.11 bits per heavy atom. The van der Waals surface area contributed by atoms with Gasteiger partial charge in [0.15, 0.2) is 5.78 Å². The minimum absolute atomic E-state index is 0.0815. The summed E-state index contributed by atoms with van der Waals surface area (Å²) in [5.74, 6) is 0.314. The van der Waals surface area contributed by atoms with Crippen molar-refractivity contribution in [1.29, 1.82) is 0 Å². The quantitative estimate of drug-likeness (QED) is 0.746. The van der Waals surface area contributed by atoms with Crippen molar-refractivity contribution < 1.29 is 4.79 Å². The van der Waals surface area contributed by atoms with E-state index < -0.39 is 0 Å². The van der Waals surface area contributed by atoms with Crippen molar-refractivity contribution in [2.75, 3.05) is 0 Å². The van der Waals surface area contributed by atoms with Gasteiger partial charge in [-0.1, -0.05) is 35.9 Å². The normalized spacial score (nSPS) is 14.4. The summed E-state index contributed by atoms with van der Waals surface area (Å²) in [5.41, 5.74) is 4.36. The first-order valence-electron chi connectivity index (χ1n) is 6.52. The van der Waals surface area contributed by atoms with Crippen LogP contribution in [0.25, 0.3) is 0 Å². The zero-order chi connectivity index (χ0) is 13.4. The van der Waals surface area contributed by atoms with Gasteiger partial charge in [-0.15, -0.1) is 0 Å². The Hall–Kier alpha value is -1.60. The first-order chi connectivity index (χ1) is 9.15. The third-order valence-electron chi connectivity index (χ3n) is 3.86. The van der Waals surface area contributed by atoms with Crippen molar-refractivity contribution in [3.8, 4) is 0 Å². The van der Waals surface area contributed by atoms with Gasteiger partial charge in [0.1, 0.15) is 0 Å². The molecular weight excluding hydrogens is 256 g/mol.